The molecule has 1 saturated carbocycles. The summed E-state index contributed by atoms with van der Waals surface area (Å²) < 4.78 is 0. The molecule has 2 aromatic heterocycles. The number of hydrogen-bond donors (Lipinski definition) is 1. The van der Waals surface area contributed by atoms with Crippen molar-refractivity contribution in [1.29, 1.82) is 0 Å². The highest BCUT2D eigenvalue weighted by Crippen LogP contribution is 2.44. The summed E-state index contributed by atoms with van der Waals surface area (Å²) in [5, 5.41) is 7.61. The Morgan fingerprint density at radius 1 is 1.30 bits per heavy atom. The largest absolute Gasteiger partial charge is 0.333 e. The van der Waals surface area contributed by atoms with Crippen molar-refractivity contribution in [3.8, 4) is 11.1 Å². The van der Waals surface area contributed by atoms with Crippen molar-refractivity contribution in [1.82, 2.24) is 25.1 Å². The Morgan fingerprint density at radius 3 is 2.81 bits per heavy atom. The summed E-state index contributed by atoms with van der Waals surface area (Å²) >= 11 is 0. The topological polar surface area (TPSA) is 74.8 Å². The van der Waals surface area contributed by atoms with Crippen LogP contribution in [0.5, 0.6) is 0 Å². The minimum absolute atomic E-state index is 0.0305. The van der Waals surface area contributed by atoms with Gasteiger partial charge >= 0.3 is 0 Å². The van der Waals surface area contributed by atoms with Gasteiger partial charge in [0.2, 0.25) is 0 Å². The number of carbonyl (C=O) groups excluding carboxylic acids is 1. The van der Waals surface area contributed by atoms with E-state index in [1.54, 1.807) is 18.1 Å². The molecule has 0 unspecified atom stereocenters. The van der Waals surface area contributed by atoms with Gasteiger partial charge in [0, 0.05) is 36.0 Å². The molecule has 0 bridgehead atoms. The van der Waals surface area contributed by atoms with Gasteiger partial charge in [-0.25, -0.2) is 9.97 Å². The quantitative estimate of drug-likeness (QED) is 0.748. The van der Waals surface area contributed by atoms with Crippen molar-refractivity contribution in [2.75, 3.05) is 7.05 Å². The van der Waals surface area contributed by atoms with Crippen molar-refractivity contribution in [3.05, 3.63) is 65.5 Å². The molecule has 6 nitrogen and oxygen atoms in total. The fourth-order valence-electron chi connectivity index (χ4n) is 3.40. The van der Waals surface area contributed by atoms with E-state index in [4.69, 9.17) is 0 Å². The van der Waals surface area contributed by atoms with Crippen LogP contribution in [0.3, 0.4) is 0 Å². The predicted molar refractivity (Wildman–Crippen MR) is 103 cm³/mol. The Bertz CT molecular complexity index is 962. The van der Waals surface area contributed by atoms with E-state index in [9.17, 15) is 4.79 Å². The maximum Gasteiger partial charge on any atom is 0.254 e. The Labute approximate surface area is 158 Å². The number of carbonyl (C=O) groups is 1. The van der Waals surface area contributed by atoms with Gasteiger partial charge in [-0.3, -0.25) is 9.89 Å². The van der Waals surface area contributed by atoms with Gasteiger partial charge in [0.1, 0.15) is 6.33 Å². The maximum atomic E-state index is 13.1. The van der Waals surface area contributed by atoms with E-state index in [1.165, 1.54) is 19.2 Å². The highest BCUT2D eigenvalue weighted by molar-refractivity contribution is 5.95. The number of rotatable bonds is 5. The van der Waals surface area contributed by atoms with Gasteiger partial charge in [0.05, 0.1) is 17.4 Å². The van der Waals surface area contributed by atoms with Crippen molar-refractivity contribution in [3.63, 3.8) is 0 Å². The van der Waals surface area contributed by atoms with Crippen LogP contribution in [0.1, 0.15) is 59.2 Å². The summed E-state index contributed by atoms with van der Waals surface area (Å²) in [5.74, 6) is 0.516. The number of nitrogens with one attached hydrogen (secondary N) is 1. The molecule has 1 atom stereocenters. The van der Waals surface area contributed by atoms with Crippen molar-refractivity contribution in [2.45, 2.75) is 38.6 Å². The second-order valence-electron chi connectivity index (χ2n) is 7.19. The second-order valence-corrected chi connectivity index (χ2v) is 7.19. The third-order valence-electron chi connectivity index (χ3n) is 5.27. The number of aromatic amines is 1. The molecule has 2 heterocycles. The molecule has 6 heteroatoms. The van der Waals surface area contributed by atoms with Crippen LogP contribution in [-0.2, 0) is 0 Å². The number of aromatic nitrogens is 4. The second kappa shape index (κ2) is 6.95. The summed E-state index contributed by atoms with van der Waals surface area (Å²) in [7, 11) is 1.81. The standard InChI is InChI=1S/C21H23N5O/c1-13-19(20(25-24-13)15-7-8-15)16-5-4-6-17(11-16)21(27)26(3)14(2)18-9-10-22-12-23-18/h4-6,9-12,14-15H,7-8H2,1-3H3,(H,24,25)/t14-/m0/s1. The smallest absolute Gasteiger partial charge is 0.254 e. The summed E-state index contributed by atoms with van der Waals surface area (Å²) in [5.41, 5.74) is 5.83. The minimum Gasteiger partial charge on any atom is -0.333 e. The lowest BCUT2D eigenvalue weighted by Gasteiger charge is -2.24. The molecular weight excluding hydrogens is 338 g/mol. The minimum atomic E-state index is -0.137. The number of hydrogen-bond acceptors (Lipinski definition) is 4. The molecule has 4 rings (SSSR count). The highest BCUT2D eigenvalue weighted by atomic mass is 16.2. The first-order valence-electron chi connectivity index (χ1n) is 9.24. The zero-order chi connectivity index (χ0) is 19.0. The average molecular weight is 361 g/mol. The fourth-order valence-corrected chi connectivity index (χ4v) is 3.40. The molecular formula is C21H23N5O. The lowest BCUT2D eigenvalue weighted by atomic mass is 9.99. The van der Waals surface area contributed by atoms with Crippen LogP contribution in [0.2, 0.25) is 0 Å². The molecule has 1 aliphatic carbocycles. The van der Waals surface area contributed by atoms with Gasteiger partial charge < -0.3 is 4.90 Å². The lowest BCUT2D eigenvalue weighted by molar-refractivity contribution is 0.0739. The lowest BCUT2D eigenvalue weighted by Crippen LogP contribution is -2.30. The van der Waals surface area contributed by atoms with E-state index in [1.807, 2.05) is 44.2 Å². The summed E-state index contributed by atoms with van der Waals surface area (Å²) in [6.45, 7) is 4.00. The van der Waals surface area contributed by atoms with Gasteiger partial charge in [-0.2, -0.15) is 5.10 Å². The fraction of sp³-hybridized carbons (Fsp3) is 0.333. The van der Waals surface area contributed by atoms with Gasteiger partial charge in [0.15, 0.2) is 0 Å². The van der Waals surface area contributed by atoms with Crippen LogP contribution in [0.4, 0.5) is 0 Å². The van der Waals surface area contributed by atoms with E-state index in [0.29, 0.717) is 11.5 Å². The molecule has 1 amide bonds. The third kappa shape index (κ3) is 3.35. The summed E-state index contributed by atoms with van der Waals surface area (Å²) in [4.78, 5) is 23.0. The molecule has 1 aromatic carbocycles. The summed E-state index contributed by atoms with van der Waals surface area (Å²) in [6.07, 6.45) is 5.58. The van der Waals surface area contributed by atoms with E-state index in [2.05, 4.69) is 20.2 Å². The molecule has 3 aromatic rings. The average Bonchev–Trinajstić information content (AvgIpc) is 3.48. The maximum absolute atomic E-state index is 13.1. The monoisotopic (exact) mass is 361 g/mol. The molecule has 0 spiro atoms. The Hall–Kier alpha value is -3.02. The van der Waals surface area contributed by atoms with E-state index in [0.717, 1.165) is 28.2 Å². The van der Waals surface area contributed by atoms with Gasteiger partial charge in [-0.15, -0.1) is 0 Å². The number of aryl methyl sites for hydroxylation is 1. The van der Waals surface area contributed by atoms with Crippen molar-refractivity contribution >= 4 is 5.91 Å². The molecule has 1 N–H and O–H groups in total. The SMILES string of the molecule is Cc1[nH]nc(C2CC2)c1-c1cccc(C(=O)N(C)[C@@H](C)c2ccncn2)c1. The van der Waals surface area contributed by atoms with Crippen LogP contribution < -0.4 is 0 Å². The van der Waals surface area contributed by atoms with Gasteiger partial charge in [0.25, 0.3) is 5.91 Å². The van der Waals surface area contributed by atoms with E-state index in [-0.39, 0.29) is 11.9 Å². The van der Waals surface area contributed by atoms with E-state index < -0.39 is 0 Å². The number of benzene rings is 1. The molecule has 138 valence electrons. The third-order valence-corrected chi connectivity index (χ3v) is 5.27. The predicted octanol–water partition coefficient (Wildman–Crippen LogP) is 3.89. The number of nitrogens with zero attached hydrogens (tertiary/aromatic N) is 4. The van der Waals surface area contributed by atoms with Gasteiger partial charge in [-0.05, 0) is 50.5 Å². The van der Waals surface area contributed by atoms with Crippen molar-refractivity contribution in [2.24, 2.45) is 0 Å². The zero-order valence-corrected chi connectivity index (χ0v) is 15.8. The Kier molecular flexibility index (Phi) is 4.48. The molecule has 0 radical (unpaired) electrons. The van der Waals surface area contributed by atoms with Crippen LogP contribution in [-0.4, -0.2) is 38.0 Å². The first kappa shape index (κ1) is 17.4. The van der Waals surface area contributed by atoms with Crippen LogP contribution in [0.25, 0.3) is 11.1 Å². The number of amides is 1. The molecule has 27 heavy (non-hydrogen) atoms. The van der Waals surface area contributed by atoms with Gasteiger partial charge in [-0.1, -0.05) is 12.1 Å². The Morgan fingerprint density at radius 2 is 2.11 bits per heavy atom. The van der Waals surface area contributed by atoms with E-state index >= 15 is 0 Å². The van der Waals surface area contributed by atoms with Crippen LogP contribution in [0.15, 0.2) is 42.9 Å². The Balaban J connectivity index is 1.63. The zero-order valence-electron chi connectivity index (χ0n) is 15.8. The molecule has 1 aliphatic rings. The normalized spacial score (nSPS) is 14.8. The highest BCUT2D eigenvalue weighted by Gasteiger charge is 2.30. The van der Waals surface area contributed by atoms with Crippen molar-refractivity contribution < 1.29 is 4.79 Å². The first-order valence-corrected chi connectivity index (χ1v) is 9.24. The molecule has 0 aliphatic heterocycles. The molecule has 0 saturated heterocycles. The molecule has 1 fully saturated rings. The first-order chi connectivity index (χ1) is 13.1. The van der Waals surface area contributed by atoms with Crippen LogP contribution >= 0.6 is 0 Å². The summed E-state index contributed by atoms with van der Waals surface area (Å²) in [6, 6.07) is 9.52. The van der Waals surface area contributed by atoms with Crippen LogP contribution in [0, 0.1) is 6.92 Å². The number of H-pyrrole nitrogens is 1.